The molecule has 0 amide bonds. The highest BCUT2D eigenvalue weighted by molar-refractivity contribution is 7.80. The molecule has 0 saturated heterocycles. The van der Waals surface area contributed by atoms with Crippen LogP contribution in [0.2, 0.25) is 0 Å². The summed E-state index contributed by atoms with van der Waals surface area (Å²) < 4.78 is 0. The van der Waals surface area contributed by atoms with Crippen molar-refractivity contribution < 1.29 is 0 Å². The van der Waals surface area contributed by atoms with E-state index in [1.54, 1.807) is 0 Å². The molecule has 15 heavy (non-hydrogen) atoms. The zero-order valence-corrected chi connectivity index (χ0v) is 10.6. The van der Waals surface area contributed by atoms with E-state index in [9.17, 15) is 0 Å². The first-order valence-corrected chi connectivity index (χ1v) is 5.55. The molecular weight excluding hydrogens is 204 g/mol. The van der Waals surface area contributed by atoms with Crippen molar-refractivity contribution in [1.82, 2.24) is 5.32 Å². The number of benzene rings is 1. The lowest BCUT2D eigenvalue weighted by Crippen LogP contribution is -2.36. The first-order chi connectivity index (χ1) is 7.04. The highest BCUT2D eigenvalue weighted by Gasteiger charge is 2.06. The number of hydrogen-bond acceptors (Lipinski definition) is 1. The summed E-state index contributed by atoms with van der Waals surface area (Å²) in [6.07, 6.45) is 0. The van der Waals surface area contributed by atoms with Crippen LogP contribution in [0.5, 0.6) is 0 Å². The third kappa shape index (κ3) is 3.20. The number of anilines is 1. The minimum Gasteiger partial charge on any atom is -0.363 e. The topological polar surface area (TPSA) is 15.3 Å². The van der Waals surface area contributed by atoms with Crippen LogP contribution in [0, 0.1) is 13.8 Å². The number of rotatable bonds is 2. The minimum atomic E-state index is 0.766. The molecule has 82 valence electrons. The second-order valence-corrected chi connectivity index (χ2v) is 4.13. The summed E-state index contributed by atoms with van der Waals surface area (Å²) in [5.74, 6) is 0. The Balaban J connectivity index is 2.90. The third-order valence-electron chi connectivity index (χ3n) is 2.23. The molecule has 0 aliphatic rings. The second-order valence-electron chi connectivity index (χ2n) is 3.74. The van der Waals surface area contributed by atoms with Gasteiger partial charge in [-0.15, -0.1) is 0 Å². The largest absolute Gasteiger partial charge is 0.363 e. The Hall–Kier alpha value is -1.09. The molecule has 1 N–H and O–H groups in total. The molecule has 0 aliphatic heterocycles. The van der Waals surface area contributed by atoms with Crippen molar-refractivity contribution in [2.45, 2.75) is 20.8 Å². The van der Waals surface area contributed by atoms with Gasteiger partial charge in [0.2, 0.25) is 0 Å². The maximum Gasteiger partial charge on any atom is 0.173 e. The third-order valence-corrected chi connectivity index (χ3v) is 2.64. The lowest BCUT2D eigenvalue weighted by atomic mass is 10.1. The molecule has 1 aromatic rings. The van der Waals surface area contributed by atoms with Crippen LogP contribution in [0.1, 0.15) is 18.1 Å². The highest BCUT2D eigenvalue weighted by Crippen LogP contribution is 2.17. The zero-order valence-electron chi connectivity index (χ0n) is 9.79. The normalized spacial score (nSPS) is 9.87. The van der Waals surface area contributed by atoms with Gasteiger partial charge in [0, 0.05) is 19.3 Å². The molecule has 0 spiro atoms. The molecule has 1 aromatic carbocycles. The Morgan fingerprint density at radius 1 is 1.27 bits per heavy atom. The van der Waals surface area contributed by atoms with Gasteiger partial charge in [0.25, 0.3) is 0 Å². The van der Waals surface area contributed by atoms with Crippen molar-refractivity contribution in [3.63, 3.8) is 0 Å². The minimum absolute atomic E-state index is 0.766. The first kappa shape index (κ1) is 12.0. The summed E-state index contributed by atoms with van der Waals surface area (Å²) in [6, 6.07) is 6.43. The number of nitrogens with zero attached hydrogens (tertiary/aromatic N) is 1. The molecule has 0 aromatic heterocycles. The van der Waals surface area contributed by atoms with Crippen LogP contribution in [0.15, 0.2) is 18.2 Å². The number of thiocarbonyl (C=S) groups is 1. The summed E-state index contributed by atoms with van der Waals surface area (Å²) in [6.45, 7) is 7.09. The molecule has 0 radical (unpaired) electrons. The van der Waals surface area contributed by atoms with Crippen molar-refractivity contribution in [3.8, 4) is 0 Å². The summed E-state index contributed by atoms with van der Waals surface area (Å²) in [5, 5.41) is 3.91. The van der Waals surface area contributed by atoms with E-state index >= 15 is 0 Å². The lowest BCUT2D eigenvalue weighted by Gasteiger charge is -2.21. The van der Waals surface area contributed by atoms with E-state index in [1.807, 2.05) is 18.9 Å². The van der Waals surface area contributed by atoms with Crippen LogP contribution in [-0.4, -0.2) is 18.7 Å². The zero-order chi connectivity index (χ0) is 11.4. The predicted molar refractivity (Wildman–Crippen MR) is 70.6 cm³/mol. The molecule has 0 saturated carbocycles. The van der Waals surface area contributed by atoms with E-state index in [2.05, 4.69) is 37.4 Å². The number of nitrogens with one attached hydrogen (secondary N) is 1. The van der Waals surface area contributed by atoms with Crippen LogP contribution in [-0.2, 0) is 0 Å². The molecule has 0 fully saturated rings. The fraction of sp³-hybridized carbons (Fsp3) is 0.417. The Kier molecular flexibility index (Phi) is 4.09. The van der Waals surface area contributed by atoms with E-state index in [4.69, 9.17) is 12.2 Å². The molecule has 0 bridgehead atoms. The van der Waals surface area contributed by atoms with Gasteiger partial charge in [0.1, 0.15) is 0 Å². The van der Waals surface area contributed by atoms with Crippen molar-refractivity contribution in [3.05, 3.63) is 29.3 Å². The molecule has 0 unspecified atom stereocenters. The van der Waals surface area contributed by atoms with E-state index in [0.717, 1.165) is 17.3 Å². The van der Waals surface area contributed by atoms with Crippen molar-refractivity contribution in [1.29, 1.82) is 0 Å². The Morgan fingerprint density at radius 3 is 2.27 bits per heavy atom. The molecule has 0 atom stereocenters. The number of hydrogen-bond donors (Lipinski definition) is 1. The standard InChI is InChI=1S/C12H18N2S/c1-5-13-12(15)14(4)11-7-9(2)6-10(3)8-11/h6-8H,5H2,1-4H3,(H,13,15). The SMILES string of the molecule is CCNC(=S)N(C)c1cc(C)cc(C)c1. The molecular formula is C12H18N2S. The van der Waals surface area contributed by atoms with Crippen molar-refractivity contribution in [2.75, 3.05) is 18.5 Å². The smallest absolute Gasteiger partial charge is 0.173 e. The molecule has 3 heteroatoms. The number of aryl methyl sites for hydroxylation is 2. The Morgan fingerprint density at radius 2 is 1.80 bits per heavy atom. The van der Waals surface area contributed by atoms with Gasteiger partial charge in [-0.3, -0.25) is 0 Å². The van der Waals surface area contributed by atoms with Crippen LogP contribution in [0.3, 0.4) is 0 Å². The van der Waals surface area contributed by atoms with Gasteiger partial charge in [-0.2, -0.15) is 0 Å². The van der Waals surface area contributed by atoms with Crippen molar-refractivity contribution in [2.24, 2.45) is 0 Å². The summed E-state index contributed by atoms with van der Waals surface area (Å²) >= 11 is 5.26. The Bertz CT molecular complexity index is 340. The van der Waals surface area contributed by atoms with Crippen LogP contribution >= 0.6 is 12.2 Å². The van der Waals surface area contributed by atoms with E-state index in [1.165, 1.54) is 11.1 Å². The van der Waals surface area contributed by atoms with Gasteiger partial charge in [-0.25, -0.2) is 0 Å². The molecule has 0 heterocycles. The van der Waals surface area contributed by atoms with Crippen LogP contribution in [0.25, 0.3) is 0 Å². The van der Waals surface area contributed by atoms with Gasteiger partial charge < -0.3 is 10.2 Å². The summed E-state index contributed by atoms with van der Waals surface area (Å²) in [4.78, 5) is 2.00. The van der Waals surface area contributed by atoms with Crippen LogP contribution in [0.4, 0.5) is 5.69 Å². The fourth-order valence-corrected chi connectivity index (χ4v) is 1.78. The van der Waals surface area contributed by atoms with Gasteiger partial charge in [-0.1, -0.05) is 6.07 Å². The monoisotopic (exact) mass is 222 g/mol. The average molecular weight is 222 g/mol. The summed E-state index contributed by atoms with van der Waals surface area (Å²) in [5.41, 5.74) is 3.66. The average Bonchev–Trinajstić information content (AvgIpc) is 2.15. The van der Waals surface area contributed by atoms with Crippen LogP contribution < -0.4 is 10.2 Å². The summed E-state index contributed by atoms with van der Waals surface area (Å²) in [7, 11) is 1.99. The van der Waals surface area contributed by atoms with Gasteiger partial charge in [0.15, 0.2) is 5.11 Å². The molecule has 2 nitrogen and oxygen atoms in total. The highest BCUT2D eigenvalue weighted by atomic mass is 32.1. The van der Waals surface area contributed by atoms with Gasteiger partial charge in [0.05, 0.1) is 0 Å². The Labute approximate surface area is 97.3 Å². The van der Waals surface area contributed by atoms with Crippen molar-refractivity contribution >= 4 is 23.0 Å². The van der Waals surface area contributed by atoms with Gasteiger partial charge >= 0.3 is 0 Å². The second kappa shape index (κ2) is 5.12. The van der Waals surface area contributed by atoms with E-state index in [-0.39, 0.29) is 0 Å². The quantitative estimate of drug-likeness (QED) is 0.774. The maximum atomic E-state index is 5.26. The van der Waals surface area contributed by atoms with Gasteiger partial charge in [-0.05, 0) is 56.2 Å². The lowest BCUT2D eigenvalue weighted by molar-refractivity contribution is 0.956. The van der Waals surface area contributed by atoms with E-state index < -0.39 is 0 Å². The fourth-order valence-electron chi connectivity index (χ4n) is 1.53. The van der Waals surface area contributed by atoms with E-state index in [0.29, 0.717) is 0 Å². The first-order valence-electron chi connectivity index (χ1n) is 5.14. The maximum absolute atomic E-state index is 5.26. The predicted octanol–water partition coefficient (Wildman–Crippen LogP) is 2.63. The molecule has 0 aliphatic carbocycles. The molecule has 1 rings (SSSR count).